The number of aryl methyl sites for hydroxylation is 1. The van der Waals surface area contributed by atoms with Crippen molar-refractivity contribution in [1.82, 2.24) is 0 Å². The summed E-state index contributed by atoms with van der Waals surface area (Å²) >= 11 is 7.15. The minimum absolute atomic E-state index is 0.352. The minimum Gasteiger partial charge on any atom is -0.497 e. The summed E-state index contributed by atoms with van der Waals surface area (Å²) in [4.78, 5) is 0. The second-order valence-corrected chi connectivity index (χ2v) is 7.05. The van der Waals surface area contributed by atoms with Gasteiger partial charge < -0.3 is 10.1 Å². The highest BCUT2D eigenvalue weighted by Crippen LogP contribution is 2.36. The number of ether oxygens (including phenoxy) is 1. The van der Waals surface area contributed by atoms with E-state index < -0.39 is 0 Å². The number of fused-ring (bicyclic) bond motifs is 1. The number of methoxy groups -OCH3 is 1. The Labute approximate surface area is 142 Å². The van der Waals surface area contributed by atoms with Gasteiger partial charge in [-0.2, -0.15) is 0 Å². The summed E-state index contributed by atoms with van der Waals surface area (Å²) in [5.41, 5.74) is 3.90. The van der Waals surface area contributed by atoms with Gasteiger partial charge in [0.05, 0.1) is 18.8 Å². The number of hydrogen-bond donors (Lipinski definition) is 1. The number of rotatable bonds is 3. The van der Waals surface area contributed by atoms with E-state index in [0.717, 1.165) is 33.2 Å². The number of anilines is 1. The molecule has 2 aromatic rings. The Bertz CT molecular complexity index is 657. The second-order valence-electron chi connectivity index (χ2n) is 5.28. The lowest BCUT2D eigenvalue weighted by atomic mass is 9.87. The Morgan fingerprint density at radius 2 is 2.00 bits per heavy atom. The van der Waals surface area contributed by atoms with Crippen molar-refractivity contribution in [3.63, 3.8) is 0 Å². The van der Waals surface area contributed by atoms with Crippen molar-refractivity contribution in [2.45, 2.75) is 25.3 Å². The van der Waals surface area contributed by atoms with Gasteiger partial charge in [0.25, 0.3) is 0 Å². The lowest BCUT2D eigenvalue weighted by Gasteiger charge is -2.28. The third-order valence-electron chi connectivity index (χ3n) is 3.92. The summed E-state index contributed by atoms with van der Waals surface area (Å²) in [6.07, 6.45) is 3.48. The highest BCUT2D eigenvalue weighted by Gasteiger charge is 2.21. The van der Waals surface area contributed by atoms with E-state index in [9.17, 15) is 0 Å². The first-order valence-electron chi connectivity index (χ1n) is 7.06. The maximum absolute atomic E-state index is 5.33. The standard InChI is InChI=1S/C17H17Br2NO/c1-21-13-6-7-14-11(9-13)3-2-4-16(14)20-17-10-12(18)5-8-15(17)19/h5-10,16,20H,2-4H2,1H3. The van der Waals surface area contributed by atoms with Gasteiger partial charge in [0.2, 0.25) is 0 Å². The van der Waals surface area contributed by atoms with Crippen LogP contribution < -0.4 is 10.1 Å². The maximum atomic E-state index is 5.33. The van der Waals surface area contributed by atoms with Crippen molar-refractivity contribution < 1.29 is 4.74 Å². The van der Waals surface area contributed by atoms with E-state index in [0.29, 0.717) is 6.04 Å². The van der Waals surface area contributed by atoms with Gasteiger partial charge >= 0.3 is 0 Å². The fourth-order valence-electron chi connectivity index (χ4n) is 2.86. The third-order valence-corrected chi connectivity index (χ3v) is 5.11. The van der Waals surface area contributed by atoms with Crippen molar-refractivity contribution in [3.05, 3.63) is 56.5 Å². The molecular weight excluding hydrogens is 394 g/mol. The molecule has 0 aliphatic heterocycles. The van der Waals surface area contributed by atoms with Gasteiger partial charge in [0.15, 0.2) is 0 Å². The summed E-state index contributed by atoms with van der Waals surface area (Å²) in [6.45, 7) is 0. The Morgan fingerprint density at radius 3 is 2.81 bits per heavy atom. The first kappa shape index (κ1) is 14.9. The van der Waals surface area contributed by atoms with Gasteiger partial charge in [-0.3, -0.25) is 0 Å². The van der Waals surface area contributed by atoms with Gasteiger partial charge in [-0.05, 0) is 76.7 Å². The molecule has 0 spiro atoms. The van der Waals surface area contributed by atoms with Crippen molar-refractivity contribution in [1.29, 1.82) is 0 Å². The van der Waals surface area contributed by atoms with E-state index >= 15 is 0 Å². The normalized spacial score (nSPS) is 17.2. The molecule has 2 nitrogen and oxygen atoms in total. The highest BCUT2D eigenvalue weighted by molar-refractivity contribution is 9.11. The van der Waals surface area contributed by atoms with Crippen LogP contribution in [-0.4, -0.2) is 7.11 Å². The molecule has 0 fully saturated rings. The average molecular weight is 411 g/mol. The molecule has 0 heterocycles. The van der Waals surface area contributed by atoms with Gasteiger partial charge in [-0.15, -0.1) is 0 Å². The Hall–Kier alpha value is -1.000. The van der Waals surface area contributed by atoms with Crippen LogP contribution in [-0.2, 0) is 6.42 Å². The molecule has 0 saturated carbocycles. The van der Waals surface area contributed by atoms with Crippen LogP contribution in [0.15, 0.2) is 45.3 Å². The molecule has 1 unspecified atom stereocenters. The summed E-state index contributed by atoms with van der Waals surface area (Å²) in [5.74, 6) is 0.943. The van der Waals surface area contributed by atoms with Crippen molar-refractivity contribution in [2.24, 2.45) is 0 Å². The second kappa shape index (κ2) is 6.41. The predicted molar refractivity (Wildman–Crippen MR) is 94.1 cm³/mol. The zero-order valence-corrected chi connectivity index (χ0v) is 15.0. The molecule has 2 aromatic carbocycles. The Kier molecular flexibility index (Phi) is 4.55. The van der Waals surface area contributed by atoms with E-state index in [4.69, 9.17) is 4.74 Å². The van der Waals surface area contributed by atoms with Crippen LogP contribution in [0, 0.1) is 0 Å². The zero-order chi connectivity index (χ0) is 14.8. The molecule has 0 saturated heterocycles. The molecule has 0 aromatic heterocycles. The van der Waals surface area contributed by atoms with Crippen LogP contribution in [0.1, 0.15) is 30.0 Å². The number of halogens is 2. The number of benzene rings is 2. The molecule has 1 atom stereocenters. The van der Waals surface area contributed by atoms with Gasteiger partial charge in [0.1, 0.15) is 5.75 Å². The number of nitrogens with one attached hydrogen (secondary N) is 1. The van der Waals surface area contributed by atoms with E-state index in [1.54, 1.807) is 7.11 Å². The van der Waals surface area contributed by atoms with Gasteiger partial charge in [0, 0.05) is 8.95 Å². The zero-order valence-electron chi connectivity index (χ0n) is 11.8. The predicted octanol–water partition coefficient (Wildman–Crippen LogP) is 5.71. The van der Waals surface area contributed by atoms with Crippen molar-refractivity contribution >= 4 is 37.5 Å². The average Bonchev–Trinajstić information content (AvgIpc) is 2.50. The fraction of sp³-hybridized carbons (Fsp3) is 0.294. The molecule has 1 N–H and O–H groups in total. The summed E-state index contributed by atoms with van der Waals surface area (Å²) in [6, 6.07) is 13.0. The van der Waals surface area contributed by atoms with E-state index in [1.165, 1.54) is 17.5 Å². The van der Waals surface area contributed by atoms with Crippen LogP contribution in [0.4, 0.5) is 5.69 Å². The Balaban J connectivity index is 1.90. The van der Waals surface area contributed by atoms with Crippen LogP contribution in [0.5, 0.6) is 5.75 Å². The summed E-state index contributed by atoms with van der Waals surface area (Å²) < 4.78 is 7.51. The molecule has 21 heavy (non-hydrogen) atoms. The molecule has 3 rings (SSSR count). The first-order chi connectivity index (χ1) is 10.2. The molecule has 110 valence electrons. The van der Waals surface area contributed by atoms with E-state index in [1.807, 2.05) is 6.07 Å². The van der Waals surface area contributed by atoms with Crippen LogP contribution >= 0.6 is 31.9 Å². The van der Waals surface area contributed by atoms with Crippen LogP contribution in [0.3, 0.4) is 0 Å². The highest BCUT2D eigenvalue weighted by atomic mass is 79.9. The SMILES string of the molecule is COc1ccc2c(c1)CCCC2Nc1cc(Br)ccc1Br. The van der Waals surface area contributed by atoms with E-state index in [2.05, 4.69) is 67.5 Å². The van der Waals surface area contributed by atoms with Gasteiger partial charge in [-0.1, -0.05) is 22.0 Å². The molecule has 1 aliphatic carbocycles. The molecule has 0 bridgehead atoms. The lowest BCUT2D eigenvalue weighted by molar-refractivity contribution is 0.413. The molecule has 4 heteroatoms. The topological polar surface area (TPSA) is 21.3 Å². The minimum atomic E-state index is 0.352. The third kappa shape index (κ3) is 3.27. The van der Waals surface area contributed by atoms with Crippen LogP contribution in [0.2, 0.25) is 0 Å². The van der Waals surface area contributed by atoms with Crippen molar-refractivity contribution in [2.75, 3.05) is 12.4 Å². The van der Waals surface area contributed by atoms with E-state index in [-0.39, 0.29) is 0 Å². The quantitative estimate of drug-likeness (QED) is 0.699. The van der Waals surface area contributed by atoms with Crippen molar-refractivity contribution in [3.8, 4) is 5.75 Å². The monoisotopic (exact) mass is 409 g/mol. The van der Waals surface area contributed by atoms with Crippen LogP contribution in [0.25, 0.3) is 0 Å². The van der Waals surface area contributed by atoms with Gasteiger partial charge in [-0.25, -0.2) is 0 Å². The maximum Gasteiger partial charge on any atom is 0.119 e. The fourth-order valence-corrected chi connectivity index (χ4v) is 3.59. The molecule has 0 radical (unpaired) electrons. The molecule has 1 aliphatic rings. The first-order valence-corrected chi connectivity index (χ1v) is 8.64. The number of hydrogen-bond acceptors (Lipinski definition) is 2. The molecular formula is C17H17Br2NO. The largest absolute Gasteiger partial charge is 0.497 e. The lowest BCUT2D eigenvalue weighted by Crippen LogP contribution is -2.17. The Morgan fingerprint density at radius 1 is 1.14 bits per heavy atom. The summed E-state index contributed by atoms with van der Waals surface area (Å²) in [7, 11) is 1.72. The summed E-state index contributed by atoms with van der Waals surface area (Å²) in [5, 5.41) is 3.67. The smallest absolute Gasteiger partial charge is 0.119 e. The molecule has 0 amide bonds.